The van der Waals surface area contributed by atoms with Gasteiger partial charge in [0.1, 0.15) is 12.1 Å². The Balaban J connectivity index is 1.33. The lowest BCUT2D eigenvalue weighted by molar-refractivity contribution is 0.249. The zero-order valence-electron chi connectivity index (χ0n) is 16.0. The standard InChI is InChI=1S/C22H22N6O/c1-16(13-23-17-7-3-2-4-8-17)26-22(29)27-18-11-12-21(24-14-18)28-15-25-19-9-5-6-10-20(19)28/h2-12,14-16,23H,13H2,1H3,(H2,26,27,29)/t16-/m1/s1. The Kier molecular flexibility index (Phi) is 5.38. The van der Waals surface area contributed by atoms with Gasteiger partial charge in [0.15, 0.2) is 0 Å². The van der Waals surface area contributed by atoms with Crippen LogP contribution >= 0.6 is 0 Å². The first-order valence-corrected chi connectivity index (χ1v) is 9.44. The molecule has 0 aliphatic heterocycles. The molecule has 146 valence electrons. The van der Waals surface area contributed by atoms with Crippen molar-refractivity contribution in [2.45, 2.75) is 13.0 Å². The molecule has 2 amide bonds. The van der Waals surface area contributed by atoms with Crippen LogP contribution in [0.5, 0.6) is 0 Å². The molecule has 7 nitrogen and oxygen atoms in total. The number of rotatable bonds is 6. The summed E-state index contributed by atoms with van der Waals surface area (Å²) in [5.41, 5.74) is 3.54. The number of fused-ring (bicyclic) bond motifs is 1. The Morgan fingerprint density at radius 2 is 1.76 bits per heavy atom. The molecule has 4 rings (SSSR count). The maximum absolute atomic E-state index is 12.2. The van der Waals surface area contributed by atoms with E-state index in [-0.39, 0.29) is 12.1 Å². The molecule has 0 unspecified atom stereocenters. The quantitative estimate of drug-likeness (QED) is 0.467. The fourth-order valence-corrected chi connectivity index (χ4v) is 3.01. The summed E-state index contributed by atoms with van der Waals surface area (Å²) in [6.45, 7) is 2.57. The molecule has 0 saturated carbocycles. The highest BCUT2D eigenvalue weighted by Crippen LogP contribution is 2.17. The van der Waals surface area contributed by atoms with E-state index in [0.717, 1.165) is 22.5 Å². The zero-order chi connectivity index (χ0) is 20.1. The predicted molar refractivity (Wildman–Crippen MR) is 115 cm³/mol. The van der Waals surface area contributed by atoms with Crippen molar-refractivity contribution < 1.29 is 4.79 Å². The van der Waals surface area contributed by atoms with Crippen LogP contribution in [-0.4, -0.2) is 33.2 Å². The van der Waals surface area contributed by atoms with Crippen molar-refractivity contribution in [2.75, 3.05) is 17.2 Å². The third-order valence-corrected chi connectivity index (χ3v) is 4.47. The molecule has 7 heteroatoms. The van der Waals surface area contributed by atoms with Crippen LogP contribution in [0.15, 0.2) is 79.3 Å². The minimum atomic E-state index is -0.269. The van der Waals surface area contributed by atoms with Gasteiger partial charge in [-0.05, 0) is 43.3 Å². The Hall–Kier alpha value is -3.87. The molecule has 0 aliphatic rings. The second-order valence-corrected chi connectivity index (χ2v) is 6.75. The molecule has 3 N–H and O–H groups in total. The molecule has 0 fully saturated rings. The number of nitrogens with one attached hydrogen (secondary N) is 3. The minimum Gasteiger partial charge on any atom is -0.383 e. The summed E-state index contributed by atoms with van der Waals surface area (Å²) in [5.74, 6) is 0.741. The van der Waals surface area contributed by atoms with Crippen LogP contribution in [0.4, 0.5) is 16.2 Å². The topological polar surface area (TPSA) is 83.9 Å². The molecule has 0 bridgehead atoms. The maximum atomic E-state index is 12.2. The van der Waals surface area contributed by atoms with Gasteiger partial charge in [-0.2, -0.15) is 0 Å². The first-order chi connectivity index (χ1) is 14.2. The number of hydrogen-bond acceptors (Lipinski definition) is 4. The van der Waals surface area contributed by atoms with Crippen molar-refractivity contribution in [3.63, 3.8) is 0 Å². The van der Waals surface area contributed by atoms with E-state index in [0.29, 0.717) is 12.2 Å². The van der Waals surface area contributed by atoms with Gasteiger partial charge in [-0.15, -0.1) is 0 Å². The zero-order valence-corrected chi connectivity index (χ0v) is 16.0. The molecule has 4 aromatic rings. The number of pyridine rings is 1. The first kappa shape index (κ1) is 18.5. The van der Waals surface area contributed by atoms with Gasteiger partial charge in [0, 0.05) is 18.3 Å². The SMILES string of the molecule is C[C@H](CNc1ccccc1)NC(=O)Nc1ccc(-n2cnc3ccccc32)nc1. The molecule has 0 radical (unpaired) electrons. The lowest BCUT2D eigenvalue weighted by Crippen LogP contribution is -2.40. The Labute approximate surface area is 168 Å². The van der Waals surface area contributed by atoms with Crippen LogP contribution in [0.3, 0.4) is 0 Å². The van der Waals surface area contributed by atoms with E-state index in [2.05, 4.69) is 25.9 Å². The largest absolute Gasteiger partial charge is 0.383 e. The second-order valence-electron chi connectivity index (χ2n) is 6.75. The van der Waals surface area contributed by atoms with Gasteiger partial charge in [-0.3, -0.25) is 4.57 Å². The second kappa shape index (κ2) is 8.43. The molecule has 2 aromatic carbocycles. The third-order valence-electron chi connectivity index (χ3n) is 4.47. The van der Waals surface area contributed by atoms with E-state index in [9.17, 15) is 4.79 Å². The summed E-state index contributed by atoms with van der Waals surface area (Å²) in [6.07, 6.45) is 3.38. The molecular formula is C22H22N6O. The van der Waals surface area contributed by atoms with Crippen molar-refractivity contribution in [3.8, 4) is 5.82 Å². The van der Waals surface area contributed by atoms with Crippen molar-refractivity contribution in [2.24, 2.45) is 0 Å². The smallest absolute Gasteiger partial charge is 0.319 e. The summed E-state index contributed by atoms with van der Waals surface area (Å²) in [5, 5.41) is 9.01. The summed E-state index contributed by atoms with van der Waals surface area (Å²) >= 11 is 0. The van der Waals surface area contributed by atoms with Crippen molar-refractivity contribution in [1.29, 1.82) is 0 Å². The Morgan fingerprint density at radius 1 is 0.966 bits per heavy atom. The Morgan fingerprint density at radius 3 is 2.55 bits per heavy atom. The number of benzene rings is 2. The monoisotopic (exact) mass is 386 g/mol. The van der Waals surface area contributed by atoms with E-state index in [4.69, 9.17) is 0 Å². The number of anilines is 2. The van der Waals surface area contributed by atoms with Crippen LogP contribution in [0, 0.1) is 0 Å². The Bertz CT molecular complexity index is 1090. The number of carbonyl (C=O) groups excluding carboxylic acids is 1. The number of carbonyl (C=O) groups is 1. The first-order valence-electron chi connectivity index (χ1n) is 9.44. The average Bonchev–Trinajstić information content (AvgIpc) is 3.18. The molecule has 0 saturated heterocycles. The van der Waals surface area contributed by atoms with Gasteiger partial charge in [-0.1, -0.05) is 30.3 Å². The predicted octanol–water partition coefficient (Wildman–Crippen LogP) is 4.04. The number of para-hydroxylation sites is 3. The number of aromatic nitrogens is 3. The van der Waals surface area contributed by atoms with E-state index in [1.807, 2.05) is 78.2 Å². The molecule has 0 aliphatic carbocycles. The number of amides is 2. The molecule has 1 atom stereocenters. The fourth-order valence-electron chi connectivity index (χ4n) is 3.01. The van der Waals surface area contributed by atoms with Gasteiger partial charge in [0.2, 0.25) is 0 Å². The van der Waals surface area contributed by atoms with Crippen LogP contribution in [0.2, 0.25) is 0 Å². The van der Waals surface area contributed by atoms with Crippen molar-refractivity contribution in [1.82, 2.24) is 19.9 Å². The molecular weight excluding hydrogens is 364 g/mol. The number of imidazole rings is 1. The van der Waals surface area contributed by atoms with Crippen LogP contribution in [0.1, 0.15) is 6.92 Å². The maximum Gasteiger partial charge on any atom is 0.319 e. The lowest BCUT2D eigenvalue weighted by Gasteiger charge is -2.16. The van der Waals surface area contributed by atoms with Crippen LogP contribution in [0.25, 0.3) is 16.9 Å². The van der Waals surface area contributed by atoms with Gasteiger partial charge in [-0.25, -0.2) is 14.8 Å². The normalized spacial score (nSPS) is 11.8. The summed E-state index contributed by atoms with van der Waals surface area (Å²) in [4.78, 5) is 21.1. The average molecular weight is 386 g/mol. The molecule has 29 heavy (non-hydrogen) atoms. The summed E-state index contributed by atoms with van der Waals surface area (Å²) < 4.78 is 1.91. The minimum absolute atomic E-state index is 0.0419. The van der Waals surface area contributed by atoms with E-state index < -0.39 is 0 Å². The number of hydrogen-bond donors (Lipinski definition) is 3. The van der Waals surface area contributed by atoms with Gasteiger partial charge in [0.05, 0.1) is 22.9 Å². The van der Waals surface area contributed by atoms with E-state index in [1.54, 1.807) is 12.5 Å². The molecule has 2 aromatic heterocycles. The van der Waals surface area contributed by atoms with Crippen molar-refractivity contribution in [3.05, 3.63) is 79.3 Å². The van der Waals surface area contributed by atoms with Gasteiger partial charge < -0.3 is 16.0 Å². The van der Waals surface area contributed by atoms with Crippen LogP contribution < -0.4 is 16.0 Å². The molecule has 0 spiro atoms. The lowest BCUT2D eigenvalue weighted by atomic mass is 10.3. The van der Waals surface area contributed by atoms with Gasteiger partial charge >= 0.3 is 6.03 Å². The summed E-state index contributed by atoms with van der Waals surface area (Å²) in [7, 11) is 0. The van der Waals surface area contributed by atoms with E-state index >= 15 is 0 Å². The highest BCUT2D eigenvalue weighted by molar-refractivity contribution is 5.89. The molecule has 2 heterocycles. The summed E-state index contributed by atoms with van der Waals surface area (Å²) in [6, 6.07) is 21.1. The third kappa shape index (κ3) is 4.52. The highest BCUT2D eigenvalue weighted by atomic mass is 16.2. The van der Waals surface area contributed by atoms with Crippen LogP contribution in [-0.2, 0) is 0 Å². The number of urea groups is 1. The van der Waals surface area contributed by atoms with E-state index in [1.165, 1.54) is 0 Å². The number of nitrogens with zero attached hydrogens (tertiary/aromatic N) is 3. The van der Waals surface area contributed by atoms with Gasteiger partial charge in [0.25, 0.3) is 0 Å². The fraction of sp³-hybridized carbons (Fsp3) is 0.136. The van der Waals surface area contributed by atoms with Crippen molar-refractivity contribution >= 4 is 28.4 Å². The highest BCUT2D eigenvalue weighted by Gasteiger charge is 2.09.